The number of nitrogens with zero attached hydrogens (tertiary/aromatic N) is 2. The van der Waals surface area contributed by atoms with Crippen LogP contribution in [-0.4, -0.2) is 33.1 Å². The molecule has 132 valence electrons. The summed E-state index contributed by atoms with van der Waals surface area (Å²) in [5, 5.41) is 7.18. The molecule has 24 heavy (non-hydrogen) atoms. The van der Waals surface area contributed by atoms with Crippen LogP contribution in [0, 0.1) is 4.77 Å². The van der Waals surface area contributed by atoms with Crippen LogP contribution in [0.2, 0.25) is 0 Å². The van der Waals surface area contributed by atoms with Crippen molar-refractivity contribution in [3.8, 4) is 0 Å². The van der Waals surface area contributed by atoms with Gasteiger partial charge >= 0.3 is 7.12 Å². The maximum Gasteiger partial charge on any atom is 0.525 e. The molecule has 3 rings (SSSR count). The van der Waals surface area contributed by atoms with E-state index in [1.807, 2.05) is 32.3 Å². The molecule has 2 fully saturated rings. The van der Waals surface area contributed by atoms with E-state index in [1.165, 1.54) is 0 Å². The molecule has 0 unspecified atom stereocenters. The number of nitrogens with one attached hydrogen (secondary N) is 1. The fourth-order valence-corrected chi connectivity index (χ4v) is 3.48. The minimum Gasteiger partial charge on any atom is -0.398 e. The Morgan fingerprint density at radius 1 is 1.29 bits per heavy atom. The molecule has 0 bridgehead atoms. The standard InChI is InChI=1S/C16H25BFN3O2S/c1-9(2)21-13(19-20-14(21)24)11-7-10(8-11)12(18)17-22-15(3,4)16(5,6)23-17/h9,11H,7-8H2,1-6H3,(H,20,24). The quantitative estimate of drug-likeness (QED) is 0.652. The number of aromatic amines is 1. The number of hydrogen-bond donors (Lipinski definition) is 1. The van der Waals surface area contributed by atoms with Gasteiger partial charge in [-0.1, -0.05) is 0 Å². The lowest BCUT2D eigenvalue weighted by Gasteiger charge is -2.32. The van der Waals surface area contributed by atoms with Gasteiger partial charge in [0, 0.05) is 12.0 Å². The van der Waals surface area contributed by atoms with E-state index >= 15 is 0 Å². The number of hydrogen-bond acceptors (Lipinski definition) is 4. The Bertz CT molecular complexity index is 714. The minimum atomic E-state index is -0.906. The third-order valence-electron chi connectivity index (χ3n) is 5.40. The molecule has 1 aliphatic heterocycles. The molecule has 0 amide bonds. The van der Waals surface area contributed by atoms with Gasteiger partial charge in [0.15, 0.2) is 4.77 Å². The Morgan fingerprint density at radius 2 is 1.83 bits per heavy atom. The smallest absolute Gasteiger partial charge is 0.398 e. The first-order valence-electron chi connectivity index (χ1n) is 8.43. The van der Waals surface area contributed by atoms with Crippen LogP contribution >= 0.6 is 12.2 Å². The average Bonchev–Trinajstić information content (AvgIpc) is 2.86. The Morgan fingerprint density at radius 3 is 2.33 bits per heavy atom. The fourth-order valence-electron chi connectivity index (χ4n) is 3.13. The zero-order valence-electron chi connectivity index (χ0n) is 15.1. The van der Waals surface area contributed by atoms with Gasteiger partial charge in [-0.3, -0.25) is 5.10 Å². The predicted octanol–water partition coefficient (Wildman–Crippen LogP) is 4.25. The summed E-state index contributed by atoms with van der Waals surface area (Å²) in [7, 11) is -0.906. The molecule has 2 heterocycles. The van der Waals surface area contributed by atoms with Crippen molar-refractivity contribution in [3.63, 3.8) is 0 Å². The second kappa shape index (κ2) is 5.78. The van der Waals surface area contributed by atoms with Gasteiger partial charge in [0.2, 0.25) is 0 Å². The first kappa shape index (κ1) is 17.8. The van der Waals surface area contributed by atoms with Gasteiger partial charge in [-0.25, -0.2) is 4.39 Å². The van der Waals surface area contributed by atoms with E-state index in [4.69, 9.17) is 21.5 Å². The molecule has 0 spiro atoms. The highest BCUT2D eigenvalue weighted by Gasteiger charge is 2.54. The summed E-state index contributed by atoms with van der Waals surface area (Å²) in [5.41, 5.74) is -0.588. The van der Waals surface area contributed by atoms with Crippen molar-refractivity contribution in [1.82, 2.24) is 14.8 Å². The van der Waals surface area contributed by atoms with Crippen LogP contribution in [-0.2, 0) is 9.31 Å². The highest BCUT2D eigenvalue weighted by molar-refractivity contribution is 7.71. The molecule has 2 aliphatic rings. The maximum atomic E-state index is 14.8. The van der Waals surface area contributed by atoms with Gasteiger partial charge in [0.1, 0.15) is 11.6 Å². The Balaban J connectivity index is 1.75. The maximum absolute atomic E-state index is 14.8. The van der Waals surface area contributed by atoms with E-state index < -0.39 is 18.3 Å². The van der Waals surface area contributed by atoms with E-state index in [0.717, 1.165) is 11.4 Å². The normalized spacial score (nSPS) is 25.2. The fraction of sp³-hybridized carbons (Fsp3) is 0.750. The topological polar surface area (TPSA) is 52.1 Å². The van der Waals surface area contributed by atoms with Gasteiger partial charge in [0.25, 0.3) is 0 Å². The van der Waals surface area contributed by atoms with Crippen LogP contribution in [0.25, 0.3) is 0 Å². The molecule has 1 aliphatic carbocycles. The van der Waals surface area contributed by atoms with Crippen LogP contribution in [0.1, 0.15) is 72.2 Å². The van der Waals surface area contributed by atoms with Crippen LogP contribution in [0.3, 0.4) is 0 Å². The first-order valence-corrected chi connectivity index (χ1v) is 8.84. The lowest BCUT2D eigenvalue weighted by Crippen LogP contribution is -2.41. The average molecular weight is 353 g/mol. The molecule has 5 nitrogen and oxygen atoms in total. The largest absolute Gasteiger partial charge is 0.525 e. The molecular weight excluding hydrogens is 328 g/mol. The van der Waals surface area contributed by atoms with Crippen LogP contribution in [0.4, 0.5) is 4.39 Å². The van der Waals surface area contributed by atoms with Crippen molar-refractivity contribution < 1.29 is 13.7 Å². The molecule has 1 aromatic rings. The van der Waals surface area contributed by atoms with E-state index in [1.54, 1.807) is 0 Å². The van der Waals surface area contributed by atoms with Crippen molar-refractivity contribution in [2.75, 3.05) is 0 Å². The highest BCUT2D eigenvalue weighted by atomic mass is 32.1. The zero-order chi connectivity index (χ0) is 17.9. The summed E-state index contributed by atoms with van der Waals surface area (Å²) >= 11 is 5.28. The summed E-state index contributed by atoms with van der Waals surface area (Å²) in [4.78, 5) is 0. The van der Waals surface area contributed by atoms with Crippen molar-refractivity contribution in [2.24, 2.45) is 0 Å². The lowest BCUT2D eigenvalue weighted by atomic mass is 9.72. The monoisotopic (exact) mass is 353 g/mol. The molecule has 0 atom stereocenters. The molecule has 0 aromatic carbocycles. The van der Waals surface area contributed by atoms with E-state index in [-0.39, 0.29) is 17.7 Å². The third kappa shape index (κ3) is 2.78. The molecule has 8 heteroatoms. The van der Waals surface area contributed by atoms with Crippen molar-refractivity contribution >= 4 is 19.3 Å². The third-order valence-corrected chi connectivity index (χ3v) is 5.68. The Labute approximate surface area is 147 Å². The number of rotatable bonds is 3. The summed E-state index contributed by atoms with van der Waals surface area (Å²) < 4.78 is 29.0. The molecule has 1 N–H and O–H groups in total. The number of aromatic nitrogens is 3. The number of halogens is 1. The zero-order valence-corrected chi connectivity index (χ0v) is 16.0. The summed E-state index contributed by atoms with van der Waals surface area (Å²) in [6.07, 6.45) is 1.25. The van der Waals surface area contributed by atoms with Crippen LogP contribution in [0.15, 0.2) is 11.3 Å². The Hall–Kier alpha value is -0.985. The SMILES string of the molecule is CC(C)n1c(C2CC(=C(F)B3OC(C)(C)C(C)(C)O3)C2)n[nH]c1=S. The second-order valence-corrected chi connectivity index (χ2v) is 8.38. The first-order chi connectivity index (χ1) is 11.0. The Kier molecular flexibility index (Phi) is 4.29. The van der Waals surface area contributed by atoms with Gasteiger partial charge in [-0.05, 0) is 72.2 Å². The van der Waals surface area contributed by atoms with Crippen LogP contribution in [0.5, 0.6) is 0 Å². The van der Waals surface area contributed by atoms with Gasteiger partial charge in [-0.2, -0.15) is 5.10 Å². The van der Waals surface area contributed by atoms with Gasteiger partial charge in [0.05, 0.1) is 11.2 Å². The van der Waals surface area contributed by atoms with Crippen molar-refractivity contribution in [3.05, 3.63) is 21.9 Å². The summed E-state index contributed by atoms with van der Waals surface area (Å²) in [6, 6.07) is 0.229. The lowest BCUT2D eigenvalue weighted by molar-refractivity contribution is 0.00578. The second-order valence-electron chi connectivity index (χ2n) is 8.00. The highest BCUT2D eigenvalue weighted by Crippen LogP contribution is 2.46. The molecule has 1 saturated carbocycles. The molecule has 1 aromatic heterocycles. The molecule has 0 radical (unpaired) electrons. The van der Waals surface area contributed by atoms with Crippen molar-refractivity contribution in [1.29, 1.82) is 0 Å². The minimum absolute atomic E-state index is 0.184. The van der Waals surface area contributed by atoms with Crippen LogP contribution < -0.4 is 0 Å². The molecule has 1 saturated heterocycles. The van der Waals surface area contributed by atoms with Gasteiger partial charge < -0.3 is 13.9 Å². The number of H-pyrrole nitrogens is 1. The molecular formula is C16H25BFN3O2S. The predicted molar refractivity (Wildman–Crippen MR) is 94.0 cm³/mol. The summed E-state index contributed by atoms with van der Waals surface area (Å²) in [6.45, 7) is 11.8. The number of allylic oxidation sites excluding steroid dienone is 1. The summed E-state index contributed by atoms with van der Waals surface area (Å²) in [5.74, 6) is 1.09. The van der Waals surface area contributed by atoms with E-state index in [0.29, 0.717) is 17.6 Å². The van der Waals surface area contributed by atoms with Crippen molar-refractivity contribution in [2.45, 2.75) is 77.5 Å². The van der Waals surface area contributed by atoms with Gasteiger partial charge in [-0.15, -0.1) is 0 Å². The van der Waals surface area contributed by atoms with E-state index in [9.17, 15) is 4.39 Å². The van der Waals surface area contributed by atoms with E-state index in [2.05, 4.69) is 24.0 Å².